The molecule has 0 unspecified atom stereocenters. The van der Waals surface area contributed by atoms with Gasteiger partial charge in [-0.2, -0.15) is 0 Å². The third-order valence-electron chi connectivity index (χ3n) is 1.75. The molecule has 0 spiro atoms. The molecule has 1 N–H and O–H groups in total. The third-order valence-corrected chi connectivity index (χ3v) is 2.37. The number of aliphatic hydroxyl groups is 1. The van der Waals surface area contributed by atoms with Crippen LogP contribution in [0.5, 0.6) is 0 Å². The van der Waals surface area contributed by atoms with Crippen LogP contribution in [-0.2, 0) is 0 Å². The fourth-order valence-electron chi connectivity index (χ4n) is 0.799. The van der Waals surface area contributed by atoms with E-state index < -0.39 is 5.60 Å². The topological polar surface area (TPSA) is 33.4 Å². The maximum atomic E-state index is 9.39. The molecule has 2 rings (SSSR count). The molecule has 0 saturated heterocycles. The largest absolute Gasteiger partial charge is 0.455 e. The number of furan rings is 1. The van der Waals surface area contributed by atoms with Crippen molar-refractivity contribution in [1.29, 1.82) is 0 Å². The lowest BCUT2D eigenvalue weighted by Crippen LogP contribution is -2.00. The van der Waals surface area contributed by atoms with Crippen LogP contribution >= 0.6 is 15.9 Å². The van der Waals surface area contributed by atoms with Gasteiger partial charge < -0.3 is 9.52 Å². The van der Waals surface area contributed by atoms with Gasteiger partial charge in [0.05, 0.1) is 10.7 Å². The van der Waals surface area contributed by atoms with Gasteiger partial charge in [-0.3, -0.25) is 0 Å². The van der Waals surface area contributed by atoms with E-state index in [1.54, 1.807) is 12.3 Å². The molecule has 0 atom stereocenters. The quantitative estimate of drug-likeness (QED) is 0.687. The van der Waals surface area contributed by atoms with Gasteiger partial charge in [-0.25, -0.2) is 0 Å². The van der Waals surface area contributed by atoms with Crippen LogP contribution < -0.4 is 0 Å². The van der Waals surface area contributed by atoms with Crippen LogP contribution in [0.1, 0.15) is 18.6 Å². The zero-order chi connectivity index (χ0) is 8.60. The van der Waals surface area contributed by atoms with E-state index in [-0.39, 0.29) is 0 Å². The van der Waals surface area contributed by atoms with Gasteiger partial charge in [0.25, 0.3) is 0 Å². The van der Waals surface area contributed by atoms with E-state index in [2.05, 4.69) is 27.8 Å². The van der Waals surface area contributed by atoms with E-state index in [1.165, 1.54) is 0 Å². The van der Waals surface area contributed by atoms with Crippen molar-refractivity contribution in [3.05, 3.63) is 22.6 Å². The Kier molecular flexibility index (Phi) is 1.75. The van der Waals surface area contributed by atoms with Crippen molar-refractivity contribution in [3.8, 4) is 11.8 Å². The summed E-state index contributed by atoms with van der Waals surface area (Å²) in [4.78, 5) is 0. The van der Waals surface area contributed by atoms with E-state index in [4.69, 9.17) is 4.42 Å². The summed E-state index contributed by atoms with van der Waals surface area (Å²) < 4.78 is 5.89. The first-order valence-electron chi connectivity index (χ1n) is 3.68. The second-order valence-corrected chi connectivity index (χ2v) is 3.73. The molecule has 0 bridgehead atoms. The Morgan fingerprint density at radius 3 is 2.83 bits per heavy atom. The standard InChI is InChI=1S/C9H7BrO2/c10-7-2-6-12-8(7)1-3-9(11)4-5-9/h2,6,11H,4-5H2. The lowest BCUT2D eigenvalue weighted by Gasteiger charge is -1.90. The highest BCUT2D eigenvalue weighted by Gasteiger charge is 2.38. The second-order valence-electron chi connectivity index (χ2n) is 2.88. The summed E-state index contributed by atoms with van der Waals surface area (Å²) in [6.07, 6.45) is 3.11. The zero-order valence-corrected chi connectivity index (χ0v) is 7.89. The lowest BCUT2D eigenvalue weighted by atomic mass is 10.3. The SMILES string of the molecule is OC1(C#Cc2occc2Br)CC1. The summed E-state index contributed by atoms with van der Waals surface area (Å²) >= 11 is 3.28. The van der Waals surface area contributed by atoms with Crippen LogP contribution in [0.3, 0.4) is 0 Å². The molecule has 3 heteroatoms. The number of halogens is 1. The highest BCUT2D eigenvalue weighted by atomic mass is 79.9. The van der Waals surface area contributed by atoms with Crippen molar-refractivity contribution in [2.75, 3.05) is 0 Å². The Hall–Kier alpha value is -0.720. The normalized spacial score (nSPS) is 18.2. The minimum Gasteiger partial charge on any atom is -0.455 e. The molecule has 1 fully saturated rings. The van der Waals surface area contributed by atoms with Crippen LogP contribution in [0.15, 0.2) is 21.2 Å². The van der Waals surface area contributed by atoms with Gasteiger partial charge >= 0.3 is 0 Å². The van der Waals surface area contributed by atoms with Crippen molar-refractivity contribution in [2.45, 2.75) is 18.4 Å². The molecule has 1 aromatic heterocycles. The molecule has 62 valence electrons. The summed E-state index contributed by atoms with van der Waals surface area (Å²) in [5.74, 6) is 6.12. The summed E-state index contributed by atoms with van der Waals surface area (Å²) in [5, 5.41) is 9.39. The summed E-state index contributed by atoms with van der Waals surface area (Å²) in [6.45, 7) is 0. The fourth-order valence-corrected chi connectivity index (χ4v) is 1.10. The molecule has 1 aromatic rings. The van der Waals surface area contributed by atoms with Crippen LogP contribution in [-0.4, -0.2) is 10.7 Å². The molecular weight excluding hydrogens is 220 g/mol. The number of rotatable bonds is 0. The van der Waals surface area contributed by atoms with Crippen LogP contribution in [0.2, 0.25) is 0 Å². The van der Waals surface area contributed by atoms with E-state index in [0.29, 0.717) is 5.76 Å². The van der Waals surface area contributed by atoms with E-state index in [9.17, 15) is 5.11 Å². The van der Waals surface area contributed by atoms with Gasteiger partial charge in [-0.05, 0) is 40.8 Å². The van der Waals surface area contributed by atoms with Gasteiger partial charge in [0.1, 0.15) is 5.60 Å². The monoisotopic (exact) mass is 226 g/mol. The predicted octanol–water partition coefficient (Wildman–Crippen LogP) is 1.92. The van der Waals surface area contributed by atoms with Gasteiger partial charge in [-0.15, -0.1) is 0 Å². The number of hydrogen-bond acceptors (Lipinski definition) is 2. The average molecular weight is 227 g/mol. The minimum absolute atomic E-state index is 0.579. The maximum absolute atomic E-state index is 9.39. The Morgan fingerprint density at radius 1 is 1.58 bits per heavy atom. The predicted molar refractivity (Wildman–Crippen MR) is 47.5 cm³/mol. The molecule has 2 nitrogen and oxygen atoms in total. The van der Waals surface area contributed by atoms with Gasteiger partial charge in [0, 0.05) is 0 Å². The van der Waals surface area contributed by atoms with Crippen molar-refractivity contribution in [2.24, 2.45) is 0 Å². The molecule has 1 saturated carbocycles. The smallest absolute Gasteiger partial charge is 0.190 e. The molecule has 12 heavy (non-hydrogen) atoms. The summed E-state index contributed by atoms with van der Waals surface area (Å²) in [7, 11) is 0. The summed E-state index contributed by atoms with van der Waals surface area (Å²) in [6, 6.07) is 1.78. The molecule has 1 aliphatic carbocycles. The minimum atomic E-state index is -0.730. The van der Waals surface area contributed by atoms with Gasteiger partial charge in [-0.1, -0.05) is 5.92 Å². The van der Waals surface area contributed by atoms with Crippen molar-refractivity contribution in [1.82, 2.24) is 0 Å². The van der Waals surface area contributed by atoms with Gasteiger partial charge in [0.15, 0.2) is 5.76 Å². The Morgan fingerprint density at radius 2 is 2.33 bits per heavy atom. The van der Waals surface area contributed by atoms with Crippen molar-refractivity contribution >= 4 is 15.9 Å². The first-order chi connectivity index (χ1) is 5.70. The van der Waals surface area contributed by atoms with Gasteiger partial charge in [0.2, 0.25) is 0 Å². The molecule has 0 amide bonds. The first kappa shape index (κ1) is 7.90. The fraction of sp³-hybridized carbons (Fsp3) is 0.333. The molecule has 1 aliphatic rings. The van der Waals surface area contributed by atoms with Crippen molar-refractivity contribution < 1.29 is 9.52 Å². The van der Waals surface area contributed by atoms with E-state index >= 15 is 0 Å². The molecular formula is C9H7BrO2. The Labute approximate surface area is 78.7 Å². The van der Waals surface area contributed by atoms with E-state index in [0.717, 1.165) is 17.3 Å². The molecule has 0 aliphatic heterocycles. The lowest BCUT2D eigenvalue weighted by molar-refractivity contribution is 0.212. The first-order valence-corrected chi connectivity index (χ1v) is 4.47. The summed E-state index contributed by atoms with van der Waals surface area (Å²) in [5.41, 5.74) is -0.730. The molecule has 0 radical (unpaired) electrons. The van der Waals surface area contributed by atoms with E-state index in [1.807, 2.05) is 0 Å². The van der Waals surface area contributed by atoms with Crippen molar-refractivity contribution in [3.63, 3.8) is 0 Å². The third kappa shape index (κ3) is 1.55. The number of hydrogen-bond donors (Lipinski definition) is 1. The Balaban J connectivity index is 2.21. The van der Waals surface area contributed by atoms with Crippen LogP contribution in [0.25, 0.3) is 0 Å². The Bertz CT molecular complexity index is 352. The highest BCUT2D eigenvalue weighted by molar-refractivity contribution is 9.10. The highest BCUT2D eigenvalue weighted by Crippen LogP contribution is 2.34. The average Bonchev–Trinajstić information content (AvgIpc) is 2.61. The zero-order valence-electron chi connectivity index (χ0n) is 6.30. The molecule has 0 aromatic carbocycles. The molecule has 1 heterocycles. The second kappa shape index (κ2) is 2.65. The van der Waals surface area contributed by atoms with Crippen LogP contribution in [0, 0.1) is 11.8 Å². The maximum Gasteiger partial charge on any atom is 0.190 e. The van der Waals surface area contributed by atoms with Crippen LogP contribution in [0.4, 0.5) is 0 Å².